The molecule has 0 bridgehead atoms. The Bertz CT molecular complexity index is 677. The van der Waals surface area contributed by atoms with E-state index in [0.29, 0.717) is 6.42 Å². The zero-order valence-electron chi connectivity index (χ0n) is 12.3. The number of nitrogens with zero attached hydrogens (tertiary/aromatic N) is 2. The lowest BCUT2D eigenvalue weighted by Crippen LogP contribution is -2.36. The van der Waals surface area contributed by atoms with E-state index >= 15 is 0 Å². The molecule has 0 radical (unpaired) electrons. The van der Waals surface area contributed by atoms with Gasteiger partial charge in [0.25, 0.3) is 0 Å². The SMILES string of the molecule is CCC(c1cn(C)c2ccccc12)C(C(=O)OC)[N+](=O)[O-]. The monoisotopic (exact) mass is 290 g/mol. The van der Waals surface area contributed by atoms with Gasteiger partial charge in [0, 0.05) is 29.1 Å². The summed E-state index contributed by atoms with van der Waals surface area (Å²) in [6.07, 6.45) is 2.34. The maximum atomic E-state index is 11.8. The number of aromatic nitrogens is 1. The van der Waals surface area contributed by atoms with Crippen molar-refractivity contribution in [3.63, 3.8) is 0 Å². The molecule has 2 atom stereocenters. The summed E-state index contributed by atoms with van der Waals surface area (Å²) in [5.74, 6) is -1.32. The van der Waals surface area contributed by atoms with Crippen LogP contribution < -0.4 is 0 Å². The van der Waals surface area contributed by atoms with Crippen LogP contribution in [-0.4, -0.2) is 28.6 Å². The maximum absolute atomic E-state index is 11.8. The lowest BCUT2D eigenvalue weighted by Gasteiger charge is -2.17. The first kappa shape index (κ1) is 15.0. The number of hydrogen-bond acceptors (Lipinski definition) is 4. The molecule has 0 aliphatic carbocycles. The summed E-state index contributed by atoms with van der Waals surface area (Å²) >= 11 is 0. The van der Waals surface area contributed by atoms with Gasteiger partial charge < -0.3 is 9.30 Å². The summed E-state index contributed by atoms with van der Waals surface area (Å²) < 4.78 is 6.53. The average molecular weight is 290 g/mol. The highest BCUT2D eigenvalue weighted by Gasteiger charge is 2.40. The van der Waals surface area contributed by atoms with Gasteiger partial charge in [-0.25, -0.2) is 4.79 Å². The molecule has 0 fully saturated rings. The molecule has 112 valence electrons. The van der Waals surface area contributed by atoms with Crippen molar-refractivity contribution in [3.8, 4) is 0 Å². The molecule has 0 aliphatic rings. The van der Waals surface area contributed by atoms with Gasteiger partial charge in [-0.1, -0.05) is 25.1 Å². The molecule has 0 saturated carbocycles. The van der Waals surface area contributed by atoms with Crippen LogP contribution in [0.25, 0.3) is 10.9 Å². The molecular formula is C15H18N2O4. The van der Waals surface area contributed by atoms with Crippen molar-refractivity contribution in [1.82, 2.24) is 4.57 Å². The van der Waals surface area contributed by atoms with Gasteiger partial charge in [-0.15, -0.1) is 0 Å². The number of esters is 1. The standard InChI is InChI=1S/C15H18N2O4/c1-4-10(14(17(19)20)15(18)21-3)12-9-16(2)13-8-6-5-7-11(12)13/h5-10,14H,4H2,1-3H3. The van der Waals surface area contributed by atoms with E-state index in [4.69, 9.17) is 0 Å². The summed E-state index contributed by atoms with van der Waals surface area (Å²) in [6.45, 7) is 1.84. The quantitative estimate of drug-likeness (QED) is 0.481. The van der Waals surface area contributed by atoms with Gasteiger partial charge in [-0.2, -0.15) is 0 Å². The van der Waals surface area contributed by atoms with Crippen molar-refractivity contribution in [2.45, 2.75) is 25.3 Å². The molecule has 6 nitrogen and oxygen atoms in total. The lowest BCUT2D eigenvalue weighted by molar-refractivity contribution is -0.514. The van der Waals surface area contributed by atoms with Gasteiger partial charge in [0.2, 0.25) is 0 Å². The van der Waals surface area contributed by atoms with Crippen molar-refractivity contribution in [2.24, 2.45) is 7.05 Å². The third-order valence-electron chi connectivity index (χ3n) is 3.82. The van der Waals surface area contributed by atoms with Crippen molar-refractivity contribution >= 4 is 16.9 Å². The Balaban J connectivity index is 2.57. The minimum absolute atomic E-state index is 0.481. The zero-order chi connectivity index (χ0) is 15.6. The molecule has 1 heterocycles. The van der Waals surface area contributed by atoms with E-state index < -0.39 is 22.9 Å². The first-order chi connectivity index (χ1) is 10.0. The fourth-order valence-electron chi connectivity index (χ4n) is 2.80. The van der Waals surface area contributed by atoms with E-state index in [1.165, 1.54) is 7.11 Å². The largest absolute Gasteiger partial charge is 0.464 e. The second-order valence-electron chi connectivity index (χ2n) is 4.98. The predicted octanol–water partition coefficient (Wildman–Crippen LogP) is 2.49. The Labute approximate surface area is 122 Å². The molecule has 0 aliphatic heterocycles. The Hall–Kier alpha value is -2.37. The van der Waals surface area contributed by atoms with Crippen LogP contribution in [0.1, 0.15) is 24.8 Å². The summed E-state index contributed by atoms with van der Waals surface area (Å²) in [5.41, 5.74) is 1.79. The summed E-state index contributed by atoms with van der Waals surface area (Å²) in [7, 11) is 3.06. The van der Waals surface area contributed by atoms with E-state index in [2.05, 4.69) is 4.74 Å². The van der Waals surface area contributed by atoms with Gasteiger partial charge >= 0.3 is 12.0 Å². The Kier molecular flexibility index (Phi) is 4.26. The molecule has 0 saturated heterocycles. The number of fused-ring (bicyclic) bond motifs is 1. The number of carbonyl (C=O) groups is 1. The molecule has 1 aromatic heterocycles. The van der Waals surface area contributed by atoms with Crippen molar-refractivity contribution in [3.05, 3.63) is 46.1 Å². The fourth-order valence-corrected chi connectivity index (χ4v) is 2.80. The number of nitro groups is 1. The summed E-state index contributed by atoms with van der Waals surface area (Å²) in [5, 5.41) is 12.2. The van der Waals surface area contributed by atoms with Gasteiger partial charge in [0.1, 0.15) is 0 Å². The first-order valence-electron chi connectivity index (χ1n) is 6.76. The summed E-state index contributed by atoms with van der Waals surface area (Å²) in [4.78, 5) is 22.6. The van der Waals surface area contributed by atoms with Crippen LogP contribution in [0.2, 0.25) is 0 Å². The van der Waals surface area contributed by atoms with Crippen LogP contribution in [0, 0.1) is 10.1 Å². The fraction of sp³-hybridized carbons (Fsp3) is 0.400. The number of hydrogen-bond donors (Lipinski definition) is 0. The van der Waals surface area contributed by atoms with Crippen LogP contribution in [0.4, 0.5) is 0 Å². The van der Waals surface area contributed by atoms with Crippen LogP contribution in [0.3, 0.4) is 0 Å². The highest BCUT2D eigenvalue weighted by molar-refractivity contribution is 5.86. The normalized spacial score (nSPS) is 13.9. The average Bonchev–Trinajstić information content (AvgIpc) is 2.81. The number of para-hydroxylation sites is 1. The molecule has 21 heavy (non-hydrogen) atoms. The third-order valence-corrected chi connectivity index (χ3v) is 3.82. The first-order valence-corrected chi connectivity index (χ1v) is 6.76. The molecule has 2 rings (SSSR count). The molecule has 2 aromatic rings. The van der Waals surface area contributed by atoms with Crippen molar-refractivity contribution < 1.29 is 14.5 Å². The highest BCUT2D eigenvalue weighted by Crippen LogP contribution is 2.33. The van der Waals surface area contributed by atoms with Crippen LogP contribution in [-0.2, 0) is 16.6 Å². The topological polar surface area (TPSA) is 74.4 Å². The number of carbonyl (C=O) groups excluding carboxylic acids is 1. The molecular weight excluding hydrogens is 272 g/mol. The van der Waals surface area contributed by atoms with Crippen LogP contribution >= 0.6 is 0 Å². The van der Waals surface area contributed by atoms with Gasteiger partial charge in [-0.3, -0.25) is 10.1 Å². The lowest BCUT2D eigenvalue weighted by atomic mass is 9.89. The Morgan fingerprint density at radius 3 is 2.67 bits per heavy atom. The smallest absolute Gasteiger partial charge is 0.382 e. The van der Waals surface area contributed by atoms with E-state index in [9.17, 15) is 14.9 Å². The molecule has 0 amide bonds. The highest BCUT2D eigenvalue weighted by atomic mass is 16.6. The Morgan fingerprint density at radius 2 is 2.10 bits per heavy atom. The number of benzene rings is 1. The second kappa shape index (κ2) is 5.95. The van der Waals surface area contributed by atoms with Crippen LogP contribution in [0.5, 0.6) is 0 Å². The molecule has 0 spiro atoms. The molecule has 6 heteroatoms. The summed E-state index contributed by atoms with van der Waals surface area (Å²) in [6, 6.07) is 6.29. The number of methoxy groups -OCH3 is 1. The predicted molar refractivity (Wildman–Crippen MR) is 78.7 cm³/mol. The van der Waals surface area contributed by atoms with Gasteiger partial charge in [0.05, 0.1) is 13.0 Å². The van der Waals surface area contributed by atoms with Crippen molar-refractivity contribution in [1.29, 1.82) is 0 Å². The maximum Gasteiger partial charge on any atom is 0.382 e. The van der Waals surface area contributed by atoms with Gasteiger partial charge in [-0.05, 0) is 18.1 Å². The van der Waals surface area contributed by atoms with E-state index in [1.807, 2.05) is 49.0 Å². The molecule has 2 unspecified atom stereocenters. The third kappa shape index (κ3) is 2.61. The van der Waals surface area contributed by atoms with E-state index in [-0.39, 0.29) is 0 Å². The van der Waals surface area contributed by atoms with E-state index in [1.54, 1.807) is 0 Å². The number of aryl methyl sites for hydroxylation is 1. The Morgan fingerprint density at radius 1 is 1.43 bits per heavy atom. The van der Waals surface area contributed by atoms with Crippen LogP contribution in [0.15, 0.2) is 30.5 Å². The second-order valence-corrected chi connectivity index (χ2v) is 4.98. The molecule has 1 aromatic carbocycles. The molecule has 0 N–H and O–H groups in total. The number of ether oxygens (including phenoxy) is 1. The van der Waals surface area contributed by atoms with E-state index in [0.717, 1.165) is 16.5 Å². The van der Waals surface area contributed by atoms with Gasteiger partial charge in [0.15, 0.2) is 0 Å². The number of rotatable bonds is 5. The zero-order valence-corrected chi connectivity index (χ0v) is 12.3. The minimum atomic E-state index is -1.38. The van der Waals surface area contributed by atoms with Crippen molar-refractivity contribution in [2.75, 3.05) is 7.11 Å². The minimum Gasteiger partial charge on any atom is -0.464 e.